The molecule has 10 heteroatoms. The van der Waals surface area contributed by atoms with Gasteiger partial charge in [0.1, 0.15) is 6.61 Å². The molecule has 0 saturated heterocycles. The fourth-order valence-electron chi connectivity index (χ4n) is 0.709. The van der Waals surface area contributed by atoms with E-state index in [1.165, 1.54) is 0 Å². The molecule has 8 nitrogen and oxygen atoms in total. The van der Waals surface area contributed by atoms with Gasteiger partial charge in [-0.05, 0) is 12.8 Å². The largest absolute Gasteiger partial charge is 1.00 e. The van der Waals surface area contributed by atoms with E-state index in [1.54, 1.807) is 0 Å². The van der Waals surface area contributed by atoms with E-state index in [1.807, 2.05) is 0 Å². The maximum atomic E-state index is 10.9. The topological polar surface area (TPSA) is 130 Å². The molecule has 0 bridgehead atoms. The molecule has 0 aliphatic rings. The van der Waals surface area contributed by atoms with E-state index in [9.17, 15) is 14.3 Å². The molecule has 0 rings (SSSR count). The number of hydroxylamine groups is 2. The van der Waals surface area contributed by atoms with E-state index < -0.39 is 20.3 Å². The third-order valence-corrected chi connectivity index (χ3v) is 1.87. The average molecular weight is 265 g/mol. The predicted molar refractivity (Wildman–Crippen MR) is 45.6 cm³/mol. The number of aliphatic hydroxyl groups is 1. The van der Waals surface area contributed by atoms with Crippen LogP contribution in [0.2, 0.25) is 0 Å². The zero-order valence-electron chi connectivity index (χ0n) is 8.90. The summed E-state index contributed by atoms with van der Waals surface area (Å²) in [7, 11) is -4.94. The van der Waals surface area contributed by atoms with Gasteiger partial charge in [0.15, 0.2) is 0 Å². The van der Waals surface area contributed by atoms with Gasteiger partial charge in [-0.25, -0.2) is 5.06 Å². The molecule has 0 aliphatic carbocycles. The third-order valence-electron chi connectivity index (χ3n) is 1.42. The fourth-order valence-corrected chi connectivity index (χ4v) is 0.983. The fraction of sp³-hybridized carbons (Fsp3) is 0.833. The molecule has 1 atom stereocenters. The van der Waals surface area contributed by atoms with Crippen LogP contribution in [0.25, 0.3) is 0 Å². The van der Waals surface area contributed by atoms with Crippen molar-refractivity contribution < 1.29 is 63.5 Å². The Bertz CT molecular complexity index is 245. The van der Waals surface area contributed by atoms with Gasteiger partial charge in [0, 0.05) is 13.2 Å². The molecule has 0 aromatic carbocycles. The van der Waals surface area contributed by atoms with Crippen LogP contribution in [0, 0.1) is 0 Å². The van der Waals surface area contributed by atoms with Gasteiger partial charge in [0.05, 0.1) is 0 Å². The van der Waals surface area contributed by atoms with Crippen molar-refractivity contribution in [2.45, 2.75) is 12.8 Å². The van der Waals surface area contributed by atoms with Crippen LogP contribution in [0.4, 0.5) is 0 Å². The molecule has 90 valence electrons. The van der Waals surface area contributed by atoms with Gasteiger partial charge in [-0.1, -0.05) is 0 Å². The molecule has 0 radical (unpaired) electrons. The van der Waals surface area contributed by atoms with Gasteiger partial charge < -0.3 is 19.4 Å². The number of hydrogen-bond donors (Lipinski definition) is 3. The second-order valence-corrected chi connectivity index (χ2v) is 3.88. The zero-order chi connectivity index (χ0) is 11.9. The Labute approximate surface area is 115 Å². The Hall–Kier alpha value is 0.500. The maximum Gasteiger partial charge on any atom is 1.00 e. The molecular weight excluding hydrogens is 252 g/mol. The second kappa shape index (κ2) is 9.52. The first kappa shape index (κ1) is 18.9. The van der Waals surface area contributed by atoms with Crippen LogP contribution in [0.1, 0.15) is 12.8 Å². The SMILES string of the molecule is O=C(COP(=O)([O-])O)N(O)CCCCO.[Na+]. The minimum atomic E-state index is -4.94. The number of amides is 1. The molecule has 0 saturated carbocycles. The van der Waals surface area contributed by atoms with E-state index in [4.69, 9.17) is 15.2 Å². The maximum absolute atomic E-state index is 10.9. The van der Waals surface area contributed by atoms with Crippen molar-refractivity contribution >= 4 is 13.7 Å². The van der Waals surface area contributed by atoms with Crippen molar-refractivity contribution in [1.82, 2.24) is 5.06 Å². The van der Waals surface area contributed by atoms with Crippen molar-refractivity contribution in [3.8, 4) is 0 Å². The van der Waals surface area contributed by atoms with Crippen LogP contribution in [0.5, 0.6) is 0 Å². The Morgan fingerprint density at radius 1 is 1.44 bits per heavy atom. The van der Waals surface area contributed by atoms with E-state index >= 15 is 0 Å². The van der Waals surface area contributed by atoms with Gasteiger partial charge in [0.2, 0.25) is 0 Å². The summed E-state index contributed by atoms with van der Waals surface area (Å²) in [6.45, 7) is -1.06. The smallest absolute Gasteiger partial charge is 0.756 e. The van der Waals surface area contributed by atoms with Crippen molar-refractivity contribution in [2.75, 3.05) is 19.8 Å². The molecule has 1 unspecified atom stereocenters. The molecule has 0 aliphatic heterocycles. The first-order chi connectivity index (χ1) is 6.87. The minimum Gasteiger partial charge on any atom is -0.756 e. The summed E-state index contributed by atoms with van der Waals surface area (Å²) in [4.78, 5) is 29.2. The summed E-state index contributed by atoms with van der Waals surface area (Å²) >= 11 is 0. The van der Waals surface area contributed by atoms with Crippen LogP contribution in [0.3, 0.4) is 0 Å². The van der Waals surface area contributed by atoms with Gasteiger partial charge in [-0.2, -0.15) is 0 Å². The Morgan fingerprint density at radius 3 is 2.44 bits per heavy atom. The first-order valence-electron chi connectivity index (χ1n) is 4.15. The van der Waals surface area contributed by atoms with Crippen LogP contribution >= 0.6 is 7.82 Å². The number of carbonyl (C=O) groups excluding carboxylic acids is 1. The normalized spacial score (nSPS) is 13.8. The zero-order valence-corrected chi connectivity index (χ0v) is 11.8. The molecular formula is C6H13NNaO7P. The molecule has 1 amide bonds. The van der Waals surface area contributed by atoms with Crippen molar-refractivity contribution in [1.29, 1.82) is 0 Å². The number of phosphoric ester groups is 1. The van der Waals surface area contributed by atoms with Crippen molar-refractivity contribution in [3.63, 3.8) is 0 Å². The molecule has 0 fully saturated rings. The van der Waals surface area contributed by atoms with Crippen molar-refractivity contribution in [3.05, 3.63) is 0 Å². The van der Waals surface area contributed by atoms with Crippen LogP contribution in [-0.4, -0.2) is 45.9 Å². The molecule has 0 heterocycles. The standard InChI is InChI=1S/C6H14NO7P.Na/c8-4-2-1-3-7(10)6(9)5-14-15(11,12)13;/h8,10H,1-5H2,(H2,11,12,13);/q;+1/p-1. The summed E-state index contributed by atoms with van der Waals surface area (Å²) in [5.74, 6) is -0.988. The van der Waals surface area contributed by atoms with Gasteiger partial charge in [0.25, 0.3) is 13.7 Å². The summed E-state index contributed by atoms with van der Waals surface area (Å²) in [5.41, 5.74) is 0. The Morgan fingerprint density at radius 2 is 2.00 bits per heavy atom. The summed E-state index contributed by atoms with van der Waals surface area (Å²) in [6, 6.07) is 0. The number of rotatable bonds is 7. The number of aliphatic hydroxyl groups excluding tert-OH is 1. The Kier molecular flexibility index (Phi) is 11.2. The predicted octanol–water partition coefficient (Wildman–Crippen LogP) is -4.54. The first-order valence-corrected chi connectivity index (χ1v) is 5.65. The molecule has 0 aromatic heterocycles. The van der Waals surface area contributed by atoms with E-state index in [0.29, 0.717) is 12.8 Å². The number of unbranched alkanes of at least 4 members (excludes halogenated alkanes) is 1. The van der Waals surface area contributed by atoms with Crippen LogP contribution in [0.15, 0.2) is 0 Å². The number of carbonyl (C=O) groups is 1. The monoisotopic (exact) mass is 265 g/mol. The van der Waals surface area contributed by atoms with E-state index in [2.05, 4.69) is 4.52 Å². The molecule has 3 N–H and O–H groups in total. The summed E-state index contributed by atoms with van der Waals surface area (Å²) in [5, 5.41) is 17.7. The van der Waals surface area contributed by atoms with Crippen LogP contribution in [-0.2, 0) is 13.9 Å². The quantitative estimate of drug-likeness (QED) is 0.139. The molecule has 0 spiro atoms. The second-order valence-electron chi connectivity index (χ2n) is 2.69. The average Bonchev–Trinajstić information content (AvgIpc) is 2.13. The number of nitrogens with zero attached hydrogens (tertiary/aromatic N) is 1. The van der Waals surface area contributed by atoms with Gasteiger partial charge in [-0.3, -0.25) is 14.6 Å². The summed E-state index contributed by atoms with van der Waals surface area (Å²) < 4.78 is 13.9. The third kappa shape index (κ3) is 11.0. The molecule has 16 heavy (non-hydrogen) atoms. The Balaban J connectivity index is 0. The van der Waals surface area contributed by atoms with E-state index in [0.717, 1.165) is 0 Å². The molecule has 0 aromatic rings. The van der Waals surface area contributed by atoms with Gasteiger partial charge in [-0.15, -0.1) is 0 Å². The van der Waals surface area contributed by atoms with E-state index in [-0.39, 0.29) is 47.8 Å². The van der Waals surface area contributed by atoms with Crippen molar-refractivity contribution in [2.24, 2.45) is 0 Å². The summed E-state index contributed by atoms with van der Waals surface area (Å²) in [6.07, 6.45) is 0.776. The number of phosphoric acid groups is 1. The van der Waals surface area contributed by atoms with Crippen LogP contribution < -0.4 is 34.5 Å². The number of hydrogen-bond acceptors (Lipinski definition) is 6. The van der Waals surface area contributed by atoms with Gasteiger partial charge >= 0.3 is 29.6 Å². The minimum absolute atomic E-state index is 0.